The molecule has 1 aliphatic carbocycles. The van der Waals surface area contributed by atoms with Crippen LogP contribution in [-0.4, -0.2) is 30.2 Å². The van der Waals surface area contributed by atoms with E-state index in [1.54, 1.807) is 7.11 Å². The van der Waals surface area contributed by atoms with E-state index in [-0.39, 0.29) is 5.56 Å². The van der Waals surface area contributed by atoms with Crippen LogP contribution in [0.4, 0.5) is 5.82 Å². The van der Waals surface area contributed by atoms with Crippen molar-refractivity contribution in [3.63, 3.8) is 0 Å². The minimum absolute atomic E-state index is 0.0916. The summed E-state index contributed by atoms with van der Waals surface area (Å²) < 4.78 is 5.13. The Morgan fingerprint density at radius 1 is 1.56 bits per heavy atom. The van der Waals surface area contributed by atoms with Crippen LogP contribution in [0.3, 0.4) is 0 Å². The summed E-state index contributed by atoms with van der Waals surface area (Å²) in [7, 11) is 1.73. The highest BCUT2D eigenvalue weighted by Gasteiger charge is 2.41. The molecule has 2 rings (SSSR count). The molecule has 0 aliphatic heterocycles. The first-order chi connectivity index (χ1) is 8.67. The zero-order valence-corrected chi connectivity index (χ0v) is 11.1. The van der Waals surface area contributed by atoms with Crippen LogP contribution in [0.15, 0.2) is 10.9 Å². The van der Waals surface area contributed by atoms with Crippen molar-refractivity contribution in [3.05, 3.63) is 22.2 Å². The number of rotatable bonds is 7. The number of aromatic amines is 1. The maximum absolute atomic E-state index is 11.4. The molecule has 0 bridgehead atoms. The maximum atomic E-state index is 11.4. The Kier molecular flexibility index (Phi) is 4.01. The van der Waals surface area contributed by atoms with E-state index in [1.807, 2.05) is 6.92 Å². The molecule has 0 unspecified atom stereocenters. The summed E-state index contributed by atoms with van der Waals surface area (Å²) in [6, 6.07) is 1.52. The highest BCUT2D eigenvalue weighted by atomic mass is 16.5. The zero-order chi connectivity index (χ0) is 13.0. The first kappa shape index (κ1) is 13.1. The highest BCUT2D eigenvalue weighted by Crippen LogP contribution is 2.48. The second kappa shape index (κ2) is 5.52. The van der Waals surface area contributed by atoms with Crippen molar-refractivity contribution in [3.8, 4) is 0 Å². The quantitative estimate of drug-likeness (QED) is 0.771. The molecule has 0 aromatic carbocycles. The van der Waals surface area contributed by atoms with Crippen molar-refractivity contribution in [2.75, 3.05) is 25.6 Å². The lowest BCUT2D eigenvalue weighted by molar-refractivity contribution is 0.175. The number of aryl methyl sites for hydroxylation is 1. The Bertz CT molecular complexity index is 452. The van der Waals surface area contributed by atoms with Gasteiger partial charge >= 0.3 is 0 Å². The van der Waals surface area contributed by atoms with Gasteiger partial charge in [0.2, 0.25) is 0 Å². The van der Waals surface area contributed by atoms with Crippen LogP contribution in [0.5, 0.6) is 0 Å². The lowest BCUT2D eigenvalue weighted by Crippen LogP contribution is -2.20. The van der Waals surface area contributed by atoms with Crippen LogP contribution >= 0.6 is 0 Å². The molecule has 0 radical (unpaired) electrons. The Labute approximate surface area is 107 Å². The van der Waals surface area contributed by atoms with Crippen LogP contribution in [-0.2, 0) is 11.2 Å². The Balaban J connectivity index is 1.94. The standard InChI is InChI=1S/C13H21N3O2/c1-3-10-15-11(8-12(17)16-10)14-9-13(4-5-13)6-7-18-2/h8H,3-7,9H2,1-2H3,(H2,14,15,16,17). The lowest BCUT2D eigenvalue weighted by atomic mass is 10.0. The summed E-state index contributed by atoms with van der Waals surface area (Å²) in [5.74, 6) is 1.41. The van der Waals surface area contributed by atoms with E-state index in [1.165, 1.54) is 18.9 Å². The molecule has 5 nitrogen and oxygen atoms in total. The van der Waals surface area contributed by atoms with Gasteiger partial charge in [0, 0.05) is 32.7 Å². The van der Waals surface area contributed by atoms with Gasteiger partial charge in [0.25, 0.3) is 5.56 Å². The van der Waals surface area contributed by atoms with E-state index in [2.05, 4.69) is 15.3 Å². The van der Waals surface area contributed by atoms with Crippen molar-refractivity contribution in [2.45, 2.75) is 32.6 Å². The summed E-state index contributed by atoms with van der Waals surface area (Å²) in [6.07, 6.45) is 4.26. The van der Waals surface area contributed by atoms with Crippen molar-refractivity contribution in [1.29, 1.82) is 0 Å². The first-order valence-corrected chi connectivity index (χ1v) is 6.50. The largest absolute Gasteiger partial charge is 0.385 e. The number of H-pyrrole nitrogens is 1. The number of hydrogen-bond acceptors (Lipinski definition) is 4. The number of methoxy groups -OCH3 is 1. The minimum atomic E-state index is -0.0916. The second-order valence-electron chi connectivity index (χ2n) is 5.03. The molecular weight excluding hydrogens is 230 g/mol. The van der Waals surface area contributed by atoms with Crippen molar-refractivity contribution < 1.29 is 4.74 Å². The van der Waals surface area contributed by atoms with Crippen LogP contribution in [0.1, 0.15) is 32.0 Å². The van der Waals surface area contributed by atoms with Gasteiger partial charge in [-0.25, -0.2) is 4.98 Å². The second-order valence-corrected chi connectivity index (χ2v) is 5.03. The Morgan fingerprint density at radius 2 is 2.33 bits per heavy atom. The van der Waals surface area contributed by atoms with E-state index in [0.29, 0.717) is 11.2 Å². The molecule has 5 heteroatoms. The number of hydrogen-bond donors (Lipinski definition) is 2. The molecule has 1 aromatic heterocycles. The van der Waals surface area contributed by atoms with Gasteiger partial charge in [-0.05, 0) is 24.7 Å². The third kappa shape index (κ3) is 3.32. The SMILES string of the molecule is CCc1nc(NCC2(CCOC)CC2)cc(=O)[nH]1. The monoisotopic (exact) mass is 251 g/mol. The molecule has 0 spiro atoms. The molecule has 0 saturated heterocycles. The summed E-state index contributed by atoms with van der Waals surface area (Å²) >= 11 is 0. The first-order valence-electron chi connectivity index (χ1n) is 6.50. The predicted octanol–water partition coefficient (Wildman–Crippen LogP) is 1.56. The fourth-order valence-electron chi connectivity index (χ4n) is 2.05. The third-order valence-electron chi connectivity index (χ3n) is 3.56. The number of nitrogens with one attached hydrogen (secondary N) is 2. The fourth-order valence-corrected chi connectivity index (χ4v) is 2.05. The normalized spacial score (nSPS) is 16.6. The van der Waals surface area contributed by atoms with Crippen molar-refractivity contribution in [2.24, 2.45) is 5.41 Å². The van der Waals surface area contributed by atoms with Gasteiger partial charge in [-0.1, -0.05) is 6.92 Å². The number of ether oxygens (including phenoxy) is 1. The predicted molar refractivity (Wildman–Crippen MR) is 70.9 cm³/mol. The Hall–Kier alpha value is -1.36. The van der Waals surface area contributed by atoms with E-state index < -0.39 is 0 Å². The van der Waals surface area contributed by atoms with Crippen LogP contribution in [0, 0.1) is 5.41 Å². The van der Waals surface area contributed by atoms with E-state index in [4.69, 9.17) is 4.74 Å². The van der Waals surface area contributed by atoms with Gasteiger partial charge < -0.3 is 15.0 Å². The van der Waals surface area contributed by atoms with E-state index in [0.717, 1.165) is 31.8 Å². The van der Waals surface area contributed by atoms with Gasteiger partial charge in [0.1, 0.15) is 11.6 Å². The highest BCUT2D eigenvalue weighted by molar-refractivity contribution is 5.33. The minimum Gasteiger partial charge on any atom is -0.385 e. The van der Waals surface area contributed by atoms with Crippen LogP contribution in [0.25, 0.3) is 0 Å². The summed E-state index contributed by atoms with van der Waals surface area (Å²) in [5.41, 5.74) is 0.262. The Morgan fingerprint density at radius 3 is 2.94 bits per heavy atom. The average Bonchev–Trinajstić information content (AvgIpc) is 3.14. The van der Waals surface area contributed by atoms with Gasteiger partial charge in [0.15, 0.2) is 0 Å². The lowest BCUT2D eigenvalue weighted by Gasteiger charge is -2.15. The summed E-state index contributed by atoms with van der Waals surface area (Å²) in [4.78, 5) is 18.5. The molecule has 2 N–H and O–H groups in total. The third-order valence-corrected chi connectivity index (χ3v) is 3.56. The zero-order valence-electron chi connectivity index (χ0n) is 11.1. The molecule has 1 heterocycles. The fraction of sp³-hybridized carbons (Fsp3) is 0.692. The summed E-state index contributed by atoms with van der Waals surface area (Å²) in [5, 5.41) is 3.29. The summed E-state index contributed by atoms with van der Waals surface area (Å²) in [6.45, 7) is 3.64. The number of nitrogens with zero attached hydrogens (tertiary/aromatic N) is 1. The van der Waals surface area contributed by atoms with Crippen molar-refractivity contribution in [1.82, 2.24) is 9.97 Å². The molecule has 1 fully saturated rings. The molecule has 0 amide bonds. The van der Waals surface area contributed by atoms with Gasteiger partial charge in [-0.15, -0.1) is 0 Å². The molecule has 100 valence electrons. The topological polar surface area (TPSA) is 67.0 Å². The maximum Gasteiger partial charge on any atom is 0.252 e. The molecule has 1 saturated carbocycles. The smallest absolute Gasteiger partial charge is 0.252 e. The molecule has 1 aromatic rings. The number of aromatic nitrogens is 2. The van der Waals surface area contributed by atoms with Gasteiger partial charge in [-0.2, -0.15) is 0 Å². The number of anilines is 1. The van der Waals surface area contributed by atoms with E-state index in [9.17, 15) is 4.79 Å². The van der Waals surface area contributed by atoms with Gasteiger partial charge in [-0.3, -0.25) is 4.79 Å². The van der Waals surface area contributed by atoms with Crippen molar-refractivity contribution >= 4 is 5.82 Å². The van der Waals surface area contributed by atoms with Crippen LogP contribution < -0.4 is 10.9 Å². The van der Waals surface area contributed by atoms with Crippen LogP contribution in [0.2, 0.25) is 0 Å². The molecular formula is C13H21N3O2. The molecule has 18 heavy (non-hydrogen) atoms. The molecule has 1 aliphatic rings. The molecule has 0 atom stereocenters. The average molecular weight is 251 g/mol. The van der Waals surface area contributed by atoms with Gasteiger partial charge in [0.05, 0.1) is 0 Å². The van der Waals surface area contributed by atoms with E-state index >= 15 is 0 Å².